The maximum Gasteiger partial charge on any atom is 0.118 e. The molecule has 2 nitrogen and oxygen atoms in total. The van der Waals surface area contributed by atoms with E-state index in [0.29, 0.717) is 12.3 Å². The van der Waals surface area contributed by atoms with Gasteiger partial charge in [-0.15, -0.1) is 30.1 Å². The van der Waals surface area contributed by atoms with Gasteiger partial charge in [-0.25, -0.2) is 0 Å². The zero-order chi connectivity index (χ0) is 16.2. The Morgan fingerprint density at radius 2 is 2.00 bits per heavy atom. The largest absolute Gasteiger partial charge is 0.497 e. The fraction of sp³-hybridized carbons (Fsp3) is 0.444. The van der Waals surface area contributed by atoms with Crippen LogP contribution in [-0.4, -0.2) is 30.3 Å². The summed E-state index contributed by atoms with van der Waals surface area (Å²) in [6, 6.07) is 8.18. The van der Waals surface area contributed by atoms with Crippen molar-refractivity contribution >= 4 is 23.5 Å². The van der Waals surface area contributed by atoms with Crippen molar-refractivity contribution in [2.75, 3.05) is 19.6 Å². The number of hydrogen-bond donors (Lipinski definition) is 1. The Labute approximate surface area is 142 Å². The molecule has 2 rings (SSSR count). The van der Waals surface area contributed by atoms with Crippen LogP contribution < -0.4 is 4.74 Å². The molecule has 0 amide bonds. The van der Waals surface area contributed by atoms with Gasteiger partial charge in [0, 0.05) is 4.24 Å². The van der Waals surface area contributed by atoms with Crippen molar-refractivity contribution in [3.63, 3.8) is 0 Å². The van der Waals surface area contributed by atoms with Gasteiger partial charge < -0.3 is 9.84 Å². The molecule has 120 valence electrons. The third kappa shape index (κ3) is 3.92. The second-order valence-electron chi connectivity index (χ2n) is 5.58. The highest BCUT2D eigenvalue weighted by atomic mass is 32.2. The van der Waals surface area contributed by atoms with E-state index in [4.69, 9.17) is 4.74 Å². The first-order chi connectivity index (χ1) is 10.6. The van der Waals surface area contributed by atoms with E-state index in [0.717, 1.165) is 16.4 Å². The summed E-state index contributed by atoms with van der Waals surface area (Å²) in [4.78, 5) is 0. The summed E-state index contributed by atoms with van der Waals surface area (Å²) in [6.07, 6.45) is 9.55. The van der Waals surface area contributed by atoms with Gasteiger partial charge in [0.15, 0.2) is 0 Å². The molecule has 0 aromatic heterocycles. The zero-order valence-electron chi connectivity index (χ0n) is 13.4. The number of methoxy groups -OCH3 is 1. The molecule has 0 saturated heterocycles. The fourth-order valence-corrected chi connectivity index (χ4v) is 4.23. The molecule has 1 saturated carbocycles. The van der Waals surface area contributed by atoms with Gasteiger partial charge in [-0.05, 0) is 61.0 Å². The smallest absolute Gasteiger partial charge is 0.118 e. The highest BCUT2D eigenvalue weighted by molar-refractivity contribution is 8.21. The van der Waals surface area contributed by atoms with Gasteiger partial charge in [-0.3, -0.25) is 0 Å². The van der Waals surface area contributed by atoms with Crippen molar-refractivity contribution < 1.29 is 9.84 Å². The first-order valence-electron chi connectivity index (χ1n) is 7.36. The summed E-state index contributed by atoms with van der Waals surface area (Å²) in [5.41, 5.74) is 0.477. The van der Waals surface area contributed by atoms with E-state index in [1.54, 1.807) is 30.6 Å². The van der Waals surface area contributed by atoms with Gasteiger partial charge in [-0.2, -0.15) is 0 Å². The molecule has 22 heavy (non-hydrogen) atoms. The average molecular weight is 337 g/mol. The van der Waals surface area contributed by atoms with E-state index in [1.807, 2.05) is 36.8 Å². The molecule has 1 aromatic carbocycles. The van der Waals surface area contributed by atoms with Gasteiger partial charge in [0.05, 0.1) is 12.7 Å². The molecule has 1 fully saturated rings. The molecule has 1 aromatic rings. The van der Waals surface area contributed by atoms with Crippen molar-refractivity contribution in [1.29, 1.82) is 0 Å². The number of ether oxygens (including phenoxy) is 1. The quantitative estimate of drug-likeness (QED) is 0.698. The monoisotopic (exact) mass is 336 g/mol. The highest BCUT2D eigenvalue weighted by Gasteiger charge is 2.50. The first-order valence-corrected chi connectivity index (χ1v) is 9.81. The minimum Gasteiger partial charge on any atom is -0.497 e. The lowest BCUT2D eigenvalue weighted by molar-refractivity contribution is 0.0685. The van der Waals surface area contributed by atoms with Gasteiger partial charge in [0.2, 0.25) is 0 Å². The fourth-order valence-electron chi connectivity index (χ4n) is 2.92. The molecule has 1 aliphatic carbocycles. The van der Waals surface area contributed by atoms with E-state index in [2.05, 4.69) is 18.7 Å². The normalized spacial score (nSPS) is 22.5. The lowest BCUT2D eigenvalue weighted by atomic mass is 9.91. The lowest BCUT2D eigenvalue weighted by Crippen LogP contribution is -2.29. The molecule has 1 aliphatic rings. The van der Waals surface area contributed by atoms with Gasteiger partial charge in [0.1, 0.15) is 5.75 Å². The van der Waals surface area contributed by atoms with Crippen LogP contribution in [0.3, 0.4) is 0 Å². The van der Waals surface area contributed by atoms with Gasteiger partial charge in [-0.1, -0.05) is 18.2 Å². The topological polar surface area (TPSA) is 29.5 Å². The molecule has 3 atom stereocenters. The number of hydrogen-bond acceptors (Lipinski definition) is 4. The van der Waals surface area contributed by atoms with Crippen LogP contribution in [0.5, 0.6) is 5.75 Å². The molecular formula is C18H24O2S2. The Bertz CT molecular complexity index is 533. The Morgan fingerprint density at radius 1 is 1.36 bits per heavy atom. The van der Waals surface area contributed by atoms with Crippen molar-refractivity contribution in [1.82, 2.24) is 0 Å². The summed E-state index contributed by atoms with van der Waals surface area (Å²) in [7, 11) is 1.68. The van der Waals surface area contributed by atoms with Crippen LogP contribution in [0.25, 0.3) is 0 Å². The summed E-state index contributed by atoms with van der Waals surface area (Å²) < 4.78 is 6.36. The SMILES string of the molecule is C=CCC(O)(C=C(SC)SC)C1CC1c1ccc(OC)cc1. The Kier molecular flexibility index (Phi) is 6.07. The van der Waals surface area contributed by atoms with Crippen LogP contribution >= 0.6 is 23.5 Å². The zero-order valence-corrected chi connectivity index (χ0v) is 15.0. The molecule has 0 bridgehead atoms. The Morgan fingerprint density at radius 3 is 2.50 bits per heavy atom. The summed E-state index contributed by atoms with van der Waals surface area (Å²) in [5.74, 6) is 1.54. The van der Waals surface area contributed by atoms with Crippen LogP contribution in [0.1, 0.15) is 24.3 Å². The predicted molar refractivity (Wildman–Crippen MR) is 98.7 cm³/mol. The number of benzene rings is 1. The van der Waals surface area contributed by atoms with E-state index >= 15 is 0 Å². The minimum atomic E-state index is -0.798. The molecule has 3 unspecified atom stereocenters. The number of thioether (sulfide) groups is 2. The second-order valence-corrected chi connectivity index (χ2v) is 7.53. The van der Waals surface area contributed by atoms with E-state index in [-0.39, 0.29) is 5.92 Å². The molecule has 0 radical (unpaired) electrons. The first kappa shape index (κ1) is 17.5. The highest BCUT2D eigenvalue weighted by Crippen LogP contribution is 2.55. The number of rotatable bonds is 8. The van der Waals surface area contributed by atoms with E-state index in [1.165, 1.54) is 5.56 Å². The van der Waals surface area contributed by atoms with Crippen molar-refractivity contribution in [3.8, 4) is 5.75 Å². The van der Waals surface area contributed by atoms with Crippen LogP contribution in [0.4, 0.5) is 0 Å². The number of aliphatic hydroxyl groups is 1. The minimum absolute atomic E-state index is 0.258. The van der Waals surface area contributed by atoms with E-state index < -0.39 is 5.60 Å². The standard InChI is InChI=1S/C18H24O2S2/c1-5-10-18(19,12-17(21-3)22-4)16-11-15(16)13-6-8-14(20-2)9-7-13/h5-9,12,15-16,19H,1,10-11H2,2-4H3. The second kappa shape index (κ2) is 7.62. The van der Waals surface area contributed by atoms with Crippen molar-refractivity contribution in [3.05, 3.63) is 52.8 Å². The maximum atomic E-state index is 11.1. The Balaban J connectivity index is 2.17. The molecule has 0 aliphatic heterocycles. The predicted octanol–water partition coefficient (Wildman–Crippen LogP) is 4.67. The third-order valence-corrected chi connectivity index (χ3v) is 6.26. The molecule has 0 heterocycles. The van der Waals surface area contributed by atoms with Crippen LogP contribution in [-0.2, 0) is 0 Å². The molecule has 4 heteroatoms. The third-order valence-electron chi connectivity index (χ3n) is 4.22. The van der Waals surface area contributed by atoms with Crippen LogP contribution in [0, 0.1) is 5.92 Å². The Hall–Kier alpha value is -0.840. The summed E-state index contributed by atoms with van der Waals surface area (Å²) >= 11 is 3.37. The molecular weight excluding hydrogens is 312 g/mol. The molecule has 1 N–H and O–H groups in total. The lowest BCUT2D eigenvalue weighted by Gasteiger charge is -2.25. The van der Waals surface area contributed by atoms with Crippen molar-refractivity contribution in [2.45, 2.75) is 24.4 Å². The summed E-state index contributed by atoms with van der Waals surface area (Å²) in [5, 5.41) is 11.1. The van der Waals surface area contributed by atoms with Crippen LogP contribution in [0.15, 0.2) is 47.2 Å². The van der Waals surface area contributed by atoms with Gasteiger partial charge in [0.25, 0.3) is 0 Å². The average Bonchev–Trinajstić information content (AvgIpc) is 3.34. The summed E-state index contributed by atoms with van der Waals surface area (Å²) in [6.45, 7) is 3.82. The van der Waals surface area contributed by atoms with Crippen LogP contribution in [0.2, 0.25) is 0 Å². The molecule has 0 spiro atoms. The van der Waals surface area contributed by atoms with Crippen molar-refractivity contribution in [2.24, 2.45) is 5.92 Å². The maximum absolute atomic E-state index is 11.1. The van der Waals surface area contributed by atoms with Gasteiger partial charge >= 0.3 is 0 Å². The van der Waals surface area contributed by atoms with E-state index in [9.17, 15) is 5.11 Å².